The molecule has 37 heavy (non-hydrogen) atoms. The lowest BCUT2D eigenvalue weighted by atomic mass is 10.0. The molecule has 5 aromatic rings. The van der Waals surface area contributed by atoms with E-state index in [1.54, 1.807) is 17.4 Å². The molecule has 0 unspecified atom stereocenters. The highest BCUT2D eigenvalue weighted by Crippen LogP contribution is 2.31. The third kappa shape index (κ3) is 4.77. The Bertz CT molecular complexity index is 1570. The fourth-order valence-corrected chi connectivity index (χ4v) is 5.65. The number of pyridine rings is 2. The molecular weight excluding hydrogens is 478 g/mol. The Balaban J connectivity index is 1.34. The number of hydrogen-bond acceptors (Lipinski definition) is 6. The molecule has 6 heterocycles. The molecule has 0 aromatic carbocycles. The van der Waals surface area contributed by atoms with E-state index in [1.807, 2.05) is 37.5 Å². The van der Waals surface area contributed by atoms with Crippen molar-refractivity contribution >= 4 is 27.9 Å². The van der Waals surface area contributed by atoms with E-state index in [4.69, 9.17) is 9.97 Å². The summed E-state index contributed by atoms with van der Waals surface area (Å²) in [5.41, 5.74) is 9.45. The molecule has 0 amide bonds. The van der Waals surface area contributed by atoms with E-state index in [0.29, 0.717) is 11.5 Å². The smallest absolute Gasteiger partial charge is 0.161 e. The van der Waals surface area contributed by atoms with Gasteiger partial charge in [-0.15, -0.1) is 0 Å². The van der Waals surface area contributed by atoms with Crippen LogP contribution in [0, 0.1) is 6.92 Å². The quantitative estimate of drug-likeness (QED) is 0.250. The number of aromatic amines is 2. The number of nitrogens with zero attached hydrogens (tertiary/aromatic N) is 5. The van der Waals surface area contributed by atoms with Crippen LogP contribution in [0.1, 0.15) is 41.8 Å². The van der Waals surface area contributed by atoms with Crippen LogP contribution < -0.4 is 0 Å². The van der Waals surface area contributed by atoms with Gasteiger partial charge in [-0.25, -0.2) is 9.97 Å². The van der Waals surface area contributed by atoms with Gasteiger partial charge >= 0.3 is 0 Å². The van der Waals surface area contributed by atoms with Gasteiger partial charge in [-0.3, -0.25) is 15.0 Å². The van der Waals surface area contributed by atoms with Crippen LogP contribution in [0.25, 0.3) is 39.4 Å². The molecule has 0 radical (unpaired) electrons. The zero-order valence-corrected chi connectivity index (χ0v) is 21.7. The Morgan fingerprint density at radius 1 is 1.14 bits per heavy atom. The van der Waals surface area contributed by atoms with Gasteiger partial charge in [0.2, 0.25) is 0 Å². The van der Waals surface area contributed by atoms with E-state index in [-0.39, 0.29) is 0 Å². The third-order valence-corrected chi connectivity index (χ3v) is 7.52. The van der Waals surface area contributed by atoms with Crippen molar-refractivity contribution in [3.63, 3.8) is 0 Å². The number of thiophene rings is 1. The molecule has 0 bridgehead atoms. The van der Waals surface area contributed by atoms with Crippen LogP contribution in [0.15, 0.2) is 66.2 Å². The molecule has 8 heteroatoms. The number of aryl methyl sites for hydroxylation is 1. The van der Waals surface area contributed by atoms with Crippen molar-refractivity contribution in [3.8, 4) is 22.8 Å². The Morgan fingerprint density at radius 2 is 2.03 bits per heavy atom. The zero-order valence-electron chi connectivity index (χ0n) is 20.9. The molecule has 186 valence electrons. The normalized spacial score (nSPS) is 14.9. The minimum absolute atomic E-state index is 0.686. The lowest BCUT2D eigenvalue weighted by Gasteiger charge is -2.26. The molecule has 2 N–H and O–H groups in total. The Morgan fingerprint density at radius 3 is 2.84 bits per heavy atom. The summed E-state index contributed by atoms with van der Waals surface area (Å²) in [4.78, 5) is 20.4. The first-order chi connectivity index (χ1) is 18.2. The van der Waals surface area contributed by atoms with Crippen LogP contribution in [-0.2, 0) is 6.54 Å². The van der Waals surface area contributed by atoms with Crippen LogP contribution in [0.4, 0.5) is 0 Å². The van der Waals surface area contributed by atoms with Crippen molar-refractivity contribution in [1.29, 1.82) is 0 Å². The van der Waals surface area contributed by atoms with Gasteiger partial charge in [0.05, 0.1) is 16.9 Å². The predicted molar refractivity (Wildman–Crippen MR) is 150 cm³/mol. The Labute approximate surface area is 220 Å². The number of hydrogen-bond donors (Lipinski definition) is 2. The molecule has 1 aliphatic rings. The zero-order chi connectivity index (χ0) is 25.2. The van der Waals surface area contributed by atoms with Crippen molar-refractivity contribution in [1.82, 2.24) is 35.0 Å². The highest BCUT2D eigenvalue weighted by atomic mass is 32.1. The van der Waals surface area contributed by atoms with E-state index >= 15 is 0 Å². The first-order valence-electron chi connectivity index (χ1n) is 12.6. The van der Waals surface area contributed by atoms with Gasteiger partial charge in [0.25, 0.3) is 0 Å². The van der Waals surface area contributed by atoms with Crippen LogP contribution in [0.3, 0.4) is 0 Å². The van der Waals surface area contributed by atoms with E-state index in [2.05, 4.69) is 54.5 Å². The van der Waals surface area contributed by atoms with Gasteiger partial charge in [-0.2, -0.15) is 16.4 Å². The van der Waals surface area contributed by atoms with Crippen molar-refractivity contribution < 1.29 is 0 Å². The van der Waals surface area contributed by atoms with Crippen LogP contribution in [0.2, 0.25) is 0 Å². The summed E-state index contributed by atoms with van der Waals surface area (Å²) in [6, 6.07) is 8.35. The number of H-pyrrole nitrogens is 2. The first-order valence-corrected chi connectivity index (χ1v) is 13.6. The molecule has 0 atom stereocenters. The molecule has 1 saturated heterocycles. The Kier molecular flexibility index (Phi) is 6.51. The second-order valence-electron chi connectivity index (χ2n) is 9.47. The Hall–Kier alpha value is -3.88. The van der Waals surface area contributed by atoms with Crippen molar-refractivity contribution in [2.75, 3.05) is 13.1 Å². The van der Waals surface area contributed by atoms with Crippen LogP contribution in [-0.4, -0.2) is 48.1 Å². The second-order valence-corrected chi connectivity index (χ2v) is 10.3. The average Bonchev–Trinajstić information content (AvgIpc) is 3.68. The lowest BCUT2D eigenvalue weighted by molar-refractivity contribution is 0.220. The van der Waals surface area contributed by atoms with Gasteiger partial charge < -0.3 is 4.98 Å². The minimum atomic E-state index is 0.686. The number of likely N-dealkylation sites (tertiary alicyclic amines) is 1. The fraction of sp³-hybridized carbons (Fsp3) is 0.241. The molecule has 0 saturated carbocycles. The molecule has 1 fully saturated rings. The monoisotopic (exact) mass is 507 g/mol. The molecule has 0 spiro atoms. The number of rotatable bonds is 7. The van der Waals surface area contributed by atoms with Gasteiger partial charge in [-0.05, 0) is 79.0 Å². The summed E-state index contributed by atoms with van der Waals surface area (Å²) in [5.74, 6) is 0.686. The molecule has 6 rings (SSSR count). The van der Waals surface area contributed by atoms with Crippen molar-refractivity contribution in [2.45, 2.75) is 32.7 Å². The van der Waals surface area contributed by atoms with E-state index in [1.165, 1.54) is 24.8 Å². The number of nitrogens with one attached hydrogen (secondary N) is 2. The maximum Gasteiger partial charge on any atom is 0.161 e. The van der Waals surface area contributed by atoms with Crippen molar-refractivity contribution in [2.24, 2.45) is 0 Å². The number of imidazole rings is 1. The number of aromatic nitrogens is 6. The molecular formula is C29H29N7S. The number of allylic oxidation sites excluding steroid dienone is 2. The topological polar surface area (TPSA) is 86.4 Å². The van der Waals surface area contributed by atoms with E-state index < -0.39 is 0 Å². The van der Waals surface area contributed by atoms with Gasteiger partial charge in [-0.1, -0.05) is 25.2 Å². The molecule has 5 aromatic heterocycles. The number of fused-ring (bicyclic) bond motifs is 1. The lowest BCUT2D eigenvalue weighted by Crippen LogP contribution is -2.29. The van der Waals surface area contributed by atoms with Crippen molar-refractivity contribution in [3.05, 3.63) is 88.7 Å². The SMILES string of the molecule is C=C/C=C(/c1ccsc1)c1nc(-c2n[nH]c3ccc(-c4cncc(CN5CCCCC5)c4)nc23)[nH]c1C. The number of piperidine rings is 1. The molecule has 1 aliphatic heterocycles. The van der Waals surface area contributed by atoms with E-state index in [0.717, 1.165) is 64.4 Å². The second kappa shape index (κ2) is 10.2. The van der Waals surface area contributed by atoms with E-state index in [9.17, 15) is 0 Å². The molecule has 0 aliphatic carbocycles. The standard InChI is InChI=1S/C29H29N7S/c1-3-7-23(21-10-13-37-18-21)26-19(2)31-29(33-26)28-27-25(34-35-28)9-8-24(32-27)22-14-20(15-30-16-22)17-36-11-5-4-6-12-36/h3,7-10,13-16,18H,1,4-6,11-12,17H2,2H3,(H,31,33)(H,34,35)/b23-7-. The predicted octanol–water partition coefficient (Wildman–Crippen LogP) is 6.38. The van der Waals surface area contributed by atoms with Gasteiger partial charge in [0, 0.05) is 35.8 Å². The van der Waals surface area contributed by atoms with Crippen LogP contribution >= 0.6 is 11.3 Å². The minimum Gasteiger partial charge on any atom is -0.340 e. The van der Waals surface area contributed by atoms with Gasteiger partial charge in [0.15, 0.2) is 11.5 Å². The highest BCUT2D eigenvalue weighted by Gasteiger charge is 2.19. The summed E-state index contributed by atoms with van der Waals surface area (Å²) in [6.07, 6.45) is 11.5. The molecule has 7 nitrogen and oxygen atoms in total. The summed E-state index contributed by atoms with van der Waals surface area (Å²) in [6.45, 7) is 9.17. The summed E-state index contributed by atoms with van der Waals surface area (Å²) >= 11 is 1.66. The average molecular weight is 508 g/mol. The highest BCUT2D eigenvalue weighted by molar-refractivity contribution is 7.08. The third-order valence-electron chi connectivity index (χ3n) is 6.83. The summed E-state index contributed by atoms with van der Waals surface area (Å²) < 4.78 is 0. The van der Waals surface area contributed by atoms with Gasteiger partial charge in [0.1, 0.15) is 5.52 Å². The first kappa shape index (κ1) is 23.5. The summed E-state index contributed by atoms with van der Waals surface area (Å²) in [7, 11) is 0. The maximum atomic E-state index is 5.00. The summed E-state index contributed by atoms with van der Waals surface area (Å²) in [5, 5.41) is 11.9. The fourth-order valence-electron chi connectivity index (χ4n) is 5.00. The maximum absolute atomic E-state index is 5.00. The largest absolute Gasteiger partial charge is 0.340 e. The van der Waals surface area contributed by atoms with Crippen LogP contribution in [0.5, 0.6) is 0 Å².